The summed E-state index contributed by atoms with van der Waals surface area (Å²) in [5.74, 6) is -2.43. The molecule has 1 saturated carbocycles. The van der Waals surface area contributed by atoms with Gasteiger partial charge in [0, 0.05) is 0 Å². The van der Waals surface area contributed by atoms with E-state index in [0.717, 1.165) is 13.8 Å². The molecule has 1 fully saturated rings. The van der Waals surface area contributed by atoms with Crippen LogP contribution < -0.4 is 0 Å². The zero-order valence-corrected chi connectivity index (χ0v) is 17.0. The van der Waals surface area contributed by atoms with Crippen LogP contribution in [0.5, 0.6) is 0 Å². The van der Waals surface area contributed by atoms with Crippen LogP contribution in [0.25, 0.3) is 0 Å². The summed E-state index contributed by atoms with van der Waals surface area (Å²) in [5, 5.41) is -1.15. The Bertz CT molecular complexity index is 611. The first-order chi connectivity index (χ1) is 11.9. The van der Waals surface area contributed by atoms with Gasteiger partial charge in [0.25, 0.3) is 10.1 Å². The Morgan fingerprint density at radius 2 is 1.44 bits per heavy atom. The lowest BCUT2D eigenvalue weighted by atomic mass is 9.64. The van der Waals surface area contributed by atoms with Crippen molar-refractivity contribution < 1.29 is 38.9 Å². The molecule has 0 amide bonds. The van der Waals surface area contributed by atoms with Gasteiger partial charge >= 0.3 is 12.4 Å². The maximum absolute atomic E-state index is 13.8. The fourth-order valence-electron chi connectivity index (χ4n) is 3.45. The van der Waals surface area contributed by atoms with E-state index in [2.05, 4.69) is 0 Å². The first kappa shape index (κ1) is 24.5. The summed E-state index contributed by atoms with van der Waals surface area (Å²) >= 11 is 0. The van der Waals surface area contributed by atoms with Gasteiger partial charge in [-0.1, -0.05) is 27.2 Å². The average Bonchev–Trinajstić information content (AvgIpc) is 2.51. The van der Waals surface area contributed by atoms with E-state index in [9.17, 15) is 34.8 Å². The van der Waals surface area contributed by atoms with Crippen molar-refractivity contribution in [1.82, 2.24) is 0 Å². The Morgan fingerprint density at radius 1 is 0.963 bits per heavy atom. The molecular formula is C17H28F6O3S. The van der Waals surface area contributed by atoms with Crippen LogP contribution in [-0.4, -0.2) is 31.6 Å². The van der Waals surface area contributed by atoms with Gasteiger partial charge < -0.3 is 0 Å². The van der Waals surface area contributed by atoms with Gasteiger partial charge in [-0.05, 0) is 51.4 Å². The fraction of sp³-hybridized carbons (Fsp3) is 1.00. The van der Waals surface area contributed by atoms with Gasteiger partial charge in [-0.2, -0.15) is 34.8 Å². The molecule has 10 heteroatoms. The molecule has 0 spiro atoms. The number of hydrogen-bond donors (Lipinski definition) is 0. The van der Waals surface area contributed by atoms with E-state index < -0.39 is 57.0 Å². The highest BCUT2D eigenvalue weighted by Crippen LogP contribution is 2.54. The van der Waals surface area contributed by atoms with Crippen molar-refractivity contribution in [3.63, 3.8) is 0 Å². The molecular weight excluding hydrogens is 398 g/mol. The zero-order chi connectivity index (χ0) is 21.5. The monoisotopic (exact) mass is 426 g/mol. The molecule has 4 unspecified atom stereocenters. The normalized spacial score (nSPS) is 26.5. The minimum atomic E-state index is -5.04. The van der Waals surface area contributed by atoms with Gasteiger partial charge in [-0.3, -0.25) is 4.18 Å². The molecule has 0 radical (unpaired) electrons. The largest absolute Gasteiger partial charge is 0.418 e. The Kier molecular flexibility index (Phi) is 7.02. The summed E-state index contributed by atoms with van der Waals surface area (Å²) in [4.78, 5) is 0. The quantitative estimate of drug-likeness (QED) is 0.395. The molecule has 0 bridgehead atoms. The molecule has 0 aliphatic heterocycles. The number of alkyl halides is 6. The third-order valence-electron chi connectivity index (χ3n) is 6.12. The van der Waals surface area contributed by atoms with Crippen LogP contribution in [0.1, 0.15) is 66.7 Å². The third-order valence-corrected chi connectivity index (χ3v) is 8.02. The highest BCUT2D eigenvalue weighted by atomic mass is 32.2. The molecule has 1 aliphatic carbocycles. The number of hydrogen-bond acceptors (Lipinski definition) is 3. The van der Waals surface area contributed by atoms with E-state index in [4.69, 9.17) is 4.18 Å². The van der Waals surface area contributed by atoms with Crippen LogP contribution in [0.15, 0.2) is 0 Å². The first-order valence-electron chi connectivity index (χ1n) is 8.98. The second-order valence-corrected chi connectivity index (χ2v) is 10.1. The summed E-state index contributed by atoms with van der Waals surface area (Å²) in [5.41, 5.74) is -5.23. The highest BCUT2D eigenvalue weighted by Gasteiger charge is 2.62. The minimum absolute atomic E-state index is 0.0452. The molecule has 27 heavy (non-hydrogen) atoms. The van der Waals surface area contributed by atoms with Gasteiger partial charge in [0.05, 0.1) is 10.7 Å². The van der Waals surface area contributed by atoms with Crippen molar-refractivity contribution >= 4 is 10.1 Å². The minimum Gasteiger partial charge on any atom is -0.254 e. The van der Waals surface area contributed by atoms with Crippen molar-refractivity contribution in [3.05, 3.63) is 0 Å². The van der Waals surface area contributed by atoms with E-state index in [1.54, 1.807) is 0 Å². The summed E-state index contributed by atoms with van der Waals surface area (Å²) in [6, 6.07) is 0. The van der Waals surface area contributed by atoms with Crippen LogP contribution in [0, 0.1) is 17.3 Å². The van der Waals surface area contributed by atoms with E-state index in [0.29, 0.717) is 6.92 Å². The molecule has 0 saturated heterocycles. The predicted molar refractivity (Wildman–Crippen MR) is 89.5 cm³/mol. The van der Waals surface area contributed by atoms with E-state index >= 15 is 0 Å². The van der Waals surface area contributed by atoms with Crippen molar-refractivity contribution in [2.24, 2.45) is 17.3 Å². The maximum Gasteiger partial charge on any atom is 0.418 e. The van der Waals surface area contributed by atoms with Crippen LogP contribution in [0.3, 0.4) is 0 Å². The lowest BCUT2D eigenvalue weighted by Crippen LogP contribution is -2.55. The molecule has 0 aromatic carbocycles. The molecule has 162 valence electrons. The molecule has 0 aromatic rings. The Balaban J connectivity index is 3.25. The zero-order valence-electron chi connectivity index (χ0n) is 16.2. The Hall–Kier alpha value is -0.510. The van der Waals surface area contributed by atoms with Gasteiger partial charge in [0.2, 0.25) is 0 Å². The number of halogens is 6. The van der Waals surface area contributed by atoms with Gasteiger partial charge in [-0.15, -0.1) is 0 Å². The third kappa shape index (κ3) is 4.92. The standard InChI is InChI=1S/C17H28F6O3S/c1-6-11(2)27(24,25)26-15(5,17(21,22)23)13-9-7-8-12(10-13)14(3,4)16(18,19)20/h11-13H,6-10H2,1-5H3. The topological polar surface area (TPSA) is 43.4 Å². The lowest BCUT2D eigenvalue weighted by molar-refractivity contribution is -0.272. The summed E-state index contributed by atoms with van der Waals surface area (Å²) in [7, 11) is -4.52. The second kappa shape index (κ2) is 7.72. The summed E-state index contributed by atoms with van der Waals surface area (Å²) in [6.07, 6.45) is -9.72. The van der Waals surface area contributed by atoms with Crippen molar-refractivity contribution in [3.8, 4) is 0 Å². The van der Waals surface area contributed by atoms with Crippen LogP contribution >= 0.6 is 0 Å². The van der Waals surface area contributed by atoms with Crippen molar-refractivity contribution in [2.75, 3.05) is 0 Å². The summed E-state index contributed by atoms with van der Waals surface area (Å²) < 4.78 is 111. The van der Waals surface area contributed by atoms with Gasteiger partial charge in [0.15, 0.2) is 5.60 Å². The molecule has 0 heterocycles. The van der Waals surface area contributed by atoms with Crippen molar-refractivity contribution in [2.45, 2.75) is 89.9 Å². The van der Waals surface area contributed by atoms with E-state index in [1.807, 2.05) is 0 Å². The molecule has 1 aliphatic rings. The first-order valence-corrected chi connectivity index (χ1v) is 10.4. The fourth-order valence-corrected chi connectivity index (χ4v) is 4.74. The van der Waals surface area contributed by atoms with Crippen LogP contribution in [0.2, 0.25) is 0 Å². The highest BCUT2D eigenvalue weighted by molar-refractivity contribution is 7.87. The van der Waals surface area contributed by atoms with Crippen molar-refractivity contribution in [1.29, 1.82) is 0 Å². The maximum atomic E-state index is 13.8. The van der Waals surface area contributed by atoms with Crippen LogP contribution in [-0.2, 0) is 14.3 Å². The van der Waals surface area contributed by atoms with Gasteiger partial charge in [0.1, 0.15) is 0 Å². The van der Waals surface area contributed by atoms with Gasteiger partial charge in [-0.25, -0.2) is 0 Å². The Morgan fingerprint density at radius 3 is 1.85 bits per heavy atom. The molecule has 3 nitrogen and oxygen atoms in total. The molecule has 4 atom stereocenters. The SMILES string of the molecule is CCC(C)S(=O)(=O)OC(C)(C1CCCC(C(C)(C)C(F)(F)F)C1)C(F)(F)F. The average molecular weight is 426 g/mol. The Labute approximate surface area is 157 Å². The van der Waals surface area contributed by atoms with E-state index in [1.165, 1.54) is 13.8 Å². The molecule has 1 rings (SSSR count). The van der Waals surface area contributed by atoms with Crippen LogP contribution in [0.4, 0.5) is 26.3 Å². The smallest absolute Gasteiger partial charge is 0.254 e. The van der Waals surface area contributed by atoms with E-state index in [-0.39, 0.29) is 25.7 Å². The second-order valence-electron chi connectivity index (χ2n) is 8.18. The summed E-state index contributed by atoms with van der Waals surface area (Å²) in [6.45, 7) is 5.32. The molecule has 0 N–H and O–H groups in total. The molecule has 0 aromatic heterocycles. The predicted octanol–water partition coefficient (Wildman–Crippen LogP) is 5.85. The number of rotatable bonds is 6. The lowest BCUT2D eigenvalue weighted by Gasteiger charge is -2.46.